The first kappa shape index (κ1) is 14.7. The van der Waals surface area contributed by atoms with E-state index in [1.54, 1.807) is 21.3 Å². The first-order valence-corrected chi connectivity index (χ1v) is 7.95. The van der Waals surface area contributed by atoms with Gasteiger partial charge in [-0.25, -0.2) is 0 Å². The molecule has 0 fully saturated rings. The second kappa shape index (κ2) is 7.13. The van der Waals surface area contributed by atoms with Gasteiger partial charge in [-0.05, 0) is 17.5 Å². The Morgan fingerprint density at radius 2 is 1.65 bits per heavy atom. The Balaban J connectivity index is 2.65. The van der Waals surface area contributed by atoms with Gasteiger partial charge in [0.15, 0.2) is 0 Å². The Kier molecular flexibility index (Phi) is 6.15. The fraction of sp³-hybridized carbons (Fsp3) is 0.500. The number of hydrogen-bond acceptors (Lipinski definition) is 3. The van der Waals surface area contributed by atoms with E-state index in [-0.39, 0.29) is 0 Å². The normalized spacial score (nSPS) is 11.8. The molecule has 17 heavy (non-hydrogen) atoms. The fourth-order valence-corrected chi connectivity index (χ4v) is 3.60. The van der Waals surface area contributed by atoms with Crippen LogP contribution in [0.4, 0.5) is 0 Å². The Hall–Kier alpha value is -0.393. The lowest BCUT2D eigenvalue weighted by molar-refractivity contribution is 0.123. The first-order valence-electron chi connectivity index (χ1n) is 5.49. The van der Waals surface area contributed by atoms with E-state index in [4.69, 9.17) is 24.9 Å². The van der Waals surface area contributed by atoms with Gasteiger partial charge in [0.25, 0.3) is 0 Å². The highest BCUT2D eigenvalue weighted by molar-refractivity contribution is 6.60. The van der Waals surface area contributed by atoms with Gasteiger partial charge in [-0.2, -0.15) is 0 Å². The number of rotatable bonds is 7. The molecule has 3 nitrogen and oxygen atoms in total. The highest BCUT2D eigenvalue weighted by atomic mass is 35.5. The van der Waals surface area contributed by atoms with Crippen molar-refractivity contribution >= 4 is 20.4 Å². The quantitative estimate of drug-likeness (QED) is 0.565. The van der Waals surface area contributed by atoms with Crippen LogP contribution in [-0.4, -0.2) is 30.1 Å². The average Bonchev–Trinajstić information content (AvgIpc) is 2.41. The van der Waals surface area contributed by atoms with Gasteiger partial charge in [0.05, 0.1) is 0 Å². The van der Waals surface area contributed by atoms with Crippen LogP contribution in [0.25, 0.3) is 0 Å². The van der Waals surface area contributed by atoms with E-state index in [0.29, 0.717) is 5.88 Å². The Morgan fingerprint density at radius 1 is 1.06 bits per heavy atom. The molecule has 0 aromatic heterocycles. The van der Waals surface area contributed by atoms with Crippen LogP contribution in [0.2, 0.25) is 6.04 Å². The average molecular weight is 275 g/mol. The van der Waals surface area contributed by atoms with Crippen LogP contribution in [0.5, 0.6) is 0 Å². The second-order valence-electron chi connectivity index (χ2n) is 3.75. The van der Waals surface area contributed by atoms with Crippen LogP contribution in [0.3, 0.4) is 0 Å². The van der Waals surface area contributed by atoms with Gasteiger partial charge in [0.1, 0.15) is 0 Å². The molecule has 0 bridgehead atoms. The molecule has 0 unspecified atom stereocenters. The lowest BCUT2D eigenvalue weighted by Crippen LogP contribution is -2.43. The van der Waals surface area contributed by atoms with E-state index in [0.717, 1.165) is 18.0 Å². The highest BCUT2D eigenvalue weighted by Crippen LogP contribution is 2.17. The van der Waals surface area contributed by atoms with Crippen LogP contribution in [0, 0.1) is 0 Å². The summed E-state index contributed by atoms with van der Waals surface area (Å²) in [5, 5.41) is 0. The third-order valence-electron chi connectivity index (χ3n) is 2.80. The van der Waals surface area contributed by atoms with Crippen LogP contribution < -0.4 is 0 Å². The molecule has 96 valence electrons. The van der Waals surface area contributed by atoms with Gasteiger partial charge in [-0.15, -0.1) is 11.6 Å². The SMILES string of the molecule is CO[Si](CCc1cccc(CCl)c1)(OC)OC. The zero-order valence-corrected chi connectivity index (χ0v) is 12.3. The van der Waals surface area contributed by atoms with Gasteiger partial charge in [0, 0.05) is 33.3 Å². The van der Waals surface area contributed by atoms with E-state index >= 15 is 0 Å². The summed E-state index contributed by atoms with van der Waals surface area (Å²) in [5.41, 5.74) is 2.36. The minimum absolute atomic E-state index is 0.537. The molecular formula is C12H19ClO3Si. The topological polar surface area (TPSA) is 27.7 Å². The molecule has 0 atom stereocenters. The van der Waals surface area contributed by atoms with Crippen LogP contribution >= 0.6 is 11.6 Å². The zero-order chi connectivity index (χ0) is 12.7. The van der Waals surface area contributed by atoms with Gasteiger partial charge in [-0.3, -0.25) is 0 Å². The number of hydrogen-bond donors (Lipinski definition) is 0. The summed E-state index contributed by atoms with van der Waals surface area (Å²) >= 11 is 5.81. The predicted molar refractivity (Wildman–Crippen MR) is 71.3 cm³/mol. The summed E-state index contributed by atoms with van der Waals surface area (Å²) in [7, 11) is 2.44. The molecule has 1 aromatic carbocycles. The first-order chi connectivity index (χ1) is 8.19. The number of aryl methyl sites for hydroxylation is 1. The number of halogens is 1. The maximum absolute atomic E-state index is 5.81. The monoisotopic (exact) mass is 274 g/mol. The Bertz CT molecular complexity index is 334. The summed E-state index contributed by atoms with van der Waals surface area (Å²) in [6.45, 7) is 0. The van der Waals surface area contributed by atoms with E-state index in [9.17, 15) is 0 Å². The van der Waals surface area contributed by atoms with E-state index in [1.807, 2.05) is 12.1 Å². The maximum atomic E-state index is 5.81. The molecule has 1 aromatic rings. The molecule has 0 aliphatic heterocycles. The van der Waals surface area contributed by atoms with Gasteiger partial charge >= 0.3 is 8.80 Å². The van der Waals surface area contributed by atoms with Gasteiger partial charge < -0.3 is 13.3 Å². The summed E-state index contributed by atoms with van der Waals surface area (Å²) in [6.07, 6.45) is 0.868. The molecule has 0 spiro atoms. The van der Waals surface area contributed by atoms with Crippen LogP contribution in [0.1, 0.15) is 11.1 Å². The molecule has 0 N–H and O–H groups in total. The standard InChI is InChI=1S/C12H19ClO3Si/c1-14-17(15-2,16-3)8-7-11-5-4-6-12(9-11)10-13/h4-6,9H,7-8,10H2,1-3H3. The largest absolute Gasteiger partial charge is 0.500 e. The van der Waals surface area contributed by atoms with Crippen molar-refractivity contribution < 1.29 is 13.3 Å². The van der Waals surface area contributed by atoms with Crippen LogP contribution in [-0.2, 0) is 25.6 Å². The number of benzene rings is 1. The van der Waals surface area contributed by atoms with E-state index in [1.165, 1.54) is 5.56 Å². The van der Waals surface area contributed by atoms with E-state index < -0.39 is 8.80 Å². The highest BCUT2D eigenvalue weighted by Gasteiger charge is 2.37. The summed E-state index contributed by atoms with van der Waals surface area (Å²) in [6, 6.07) is 8.98. The molecule has 0 radical (unpaired) electrons. The van der Waals surface area contributed by atoms with E-state index in [2.05, 4.69) is 12.1 Å². The van der Waals surface area contributed by atoms with Crippen molar-refractivity contribution in [3.05, 3.63) is 35.4 Å². The van der Waals surface area contributed by atoms with Crippen molar-refractivity contribution in [2.45, 2.75) is 18.3 Å². The summed E-state index contributed by atoms with van der Waals surface area (Å²) in [4.78, 5) is 0. The van der Waals surface area contributed by atoms with Crippen molar-refractivity contribution in [3.8, 4) is 0 Å². The van der Waals surface area contributed by atoms with Crippen molar-refractivity contribution in [1.82, 2.24) is 0 Å². The maximum Gasteiger partial charge on any atom is 0.500 e. The fourth-order valence-electron chi connectivity index (χ4n) is 1.72. The van der Waals surface area contributed by atoms with Crippen molar-refractivity contribution in [1.29, 1.82) is 0 Å². The van der Waals surface area contributed by atoms with Crippen molar-refractivity contribution in [3.63, 3.8) is 0 Å². The van der Waals surface area contributed by atoms with Crippen LogP contribution in [0.15, 0.2) is 24.3 Å². The summed E-state index contributed by atoms with van der Waals surface area (Å²) < 4.78 is 16.1. The molecule has 0 saturated heterocycles. The Labute approximate surface area is 109 Å². The smallest absolute Gasteiger partial charge is 0.377 e. The third-order valence-corrected chi connectivity index (χ3v) is 5.84. The molecule has 0 saturated carbocycles. The van der Waals surface area contributed by atoms with Crippen molar-refractivity contribution in [2.24, 2.45) is 0 Å². The summed E-state index contributed by atoms with van der Waals surface area (Å²) in [5.74, 6) is 0.537. The second-order valence-corrected chi connectivity index (χ2v) is 7.11. The third kappa shape index (κ3) is 4.08. The van der Waals surface area contributed by atoms with Gasteiger partial charge in [-0.1, -0.05) is 24.3 Å². The van der Waals surface area contributed by atoms with Crippen molar-refractivity contribution in [2.75, 3.05) is 21.3 Å². The minimum atomic E-state index is -2.46. The zero-order valence-electron chi connectivity index (χ0n) is 10.5. The Morgan fingerprint density at radius 3 is 2.18 bits per heavy atom. The number of alkyl halides is 1. The minimum Gasteiger partial charge on any atom is -0.377 e. The molecule has 0 heterocycles. The van der Waals surface area contributed by atoms with Gasteiger partial charge in [0.2, 0.25) is 0 Å². The molecule has 1 rings (SSSR count). The molecular weight excluding hydrogens is 256 g/mol. The molecule has 0 amide bonds. The molecule has 5 heteroatoms. The lowest BCUT2D eigenvalue weighted by atomic mass is 10.1. The predicted octanol–water partition coefficient (Wildman–Crippen LogP) is 2.85. The lowest BCUT2D eigenvalue weighted by Gasteiger charge is -2.24. The molecule has 0 aliphatic carbocycles. The molecule has 0 aliphatic rings.